The van der Waals surface area contributed by atoms with Crippen LogP contribution in [0.3, 0.4) is 0 Å². The Kier molecular flexibility index (Phi) is 5.59. The molecule has 3 rings (SSSR count). The van der Waals surface area contributed by atoms with Gasteiger partial charge in [-0.1, -0.05) is 18.2 Å². The zero-order chi connectivity index (χ0) is 21.2. The number of carbonyl (C=O) groups excluding carboxylic acids is 3. The fraction of sp³-hybridized carbons (Fsp3) is 0.318. The molecule has 1 aliphatic rings. The van der Waals surface area contributed by atoms with Crippen LogP contribution in [0.25, 0.3) is 0 Å². The van der Waals surface area contributed by atoms with Gasteiger partial charge in [-0.3, -0.25) is 14.4 Å². The predicted octanol–water partition coefficient (Wildman–Crippen LogP) is 2.81. The molecule has 0 fully saturated rings. The molecular weight excluding hydrogens is 370 g/mol. The Hall–Kier alpha value is -3.35. The summed E-state index contributed by atoms with van der Waals surface area (Å²) in [7, 11) is 1.56. The Morgan fingerprint density at radius 1 is 1.10 bits per heavy atom. The molecular formula is C22H25N3O4. The lowest BCUT2D eigenvalue weighted by atomic mass is 9.87. The summed E-state index contributed by atoms with van der Waals surface area (Å²) in [5.74, 6) is -0.396. The zero-order valence-electron chi connectivity index (χ0n) is 17.0. The Morgan fingerprint density at radius 2 is 1.76 bits per heavy atom. The van der Waals surface area contributed by atoms with Crippen LogP contribution in [0, 0.1) is 0 Å². The number of rotatable bonds is 6. The molecule has 7 heteroatoms. The van der Waals surface area contributed by atoms with Crippen LogP contribution in [0.4, 0.5) is 11.4 Å². The largest absolute Gasteiger partial charge is 0.497 e. The standard InChI is InChI=1S/C22H25N3O4/c1-14(2)25-19-8-6-5-7-18(19)22(21(25)28,24-15(3)26)13-20(27)23-16-9-11-17(29-4)12-10-16/h5-12,14H,13H2,1-4H3,(H,23,27)(H,24,26). The number of benzene rings is 2. The number of amides is 3. The third-order valence-electron chi connectivity index (χ3n) is 4.91. The number of nitrogens with zero attached hydrogens (tertiary/aromatic N) is 1. The number of fused-ring (bicyclic) bond motifs is 1. The summed E-state index contributed by atoms with van der Waals surface area (Å²) in [4.78, 5) is 40.0. The first-order valence-corrected chi connectivity index (χ1v) is 9.44. The summed E-state index contributed by atoms with van der Waals surface area (Å²) in [5, 5.41) is 5.57. The summed E-state index contributed by atoms with van der Waals surface area (Å²) in [6, 6.07) is 14.0. The van der Waals surface area contributed by atoms with Crippen LogP contribution in [0.5, 0.6) is 5.75 Å². The Balaban J connectivity index is 1.95. The van der Waals surface area contributed by atoms with Crippen molar-refractivity contribution in [3.05, 3.63) is 54.1 Å². The molecule has 0 saturated carbocycles. The van der Waals surface area contributed by atoms with E-state index in [9.17, 15) is 14.4 Å². The number of ether oxygens (including phenoxy) is 1. The molecule has 0 aliphatic carbocycles. The highest BCUT2D eigenvalue weighted by Gasteiger charge is 2.53. The molecule has 29 heavy (non-hydrogen) atoms. The molecule has 7 nitrogen and oxygen atoms in total. The van der Waals surface area contributed by atoms with Crippen molar-refractivity contribution in [2.24, 2.45) is 0 Å². The van der Waals surface area contributed by atoms with Crippen molar-refractivity contribution in [3.63, 3.8) is 0 Å². The van der Waals surface area contributed by atoms with E-state index in [1.165, 1.54) is 6.92 Å². The highest BCUT2D eigenvalue weighted by Crippen LogP contribution is 2.43. The first kappa shape index (κ1) is 20.4. The number of hydrogen-bond acceptors (Lipinski definition) is 4. The van der Waals surface area contributed by atoms with Gasteiger partial charge in [0, 0.05) is 24.2 Å². The number of nitrogens with one attached hydrogen (secondary N) is 2. The molecule has 1 unspecified atom stereocenters. The van der Waals surface area contributed by atoms with Gasteiger partial charge in [0.2, 0.25) is 11.8 Å². The van der Waals surface area contributed by atoms with E-state index in [4.69, 9.17) is 4.74 Å². The van der Waals surface area contributed by atoms with Crippen molar-refractivity contribution in [2.45, 2.75) is 38.8 Å². The second kappa shape index (κ2) is 7.95. The highest BCUT2D eigenvalue weighted by atomic mass is 16.5. The fourth-order valence-corrected chi connectivity index (χ4v) is 3.74. The van der Waals surface area contributed by atoms with Crippen molar-refractivity contribution in [3.8, 4) is 5.75 Å². The van der Waals surface area contributed by atoms with Crippen LogP contribution in [0.2, 0.25) is 0 Å². The van der Waals surface area contributed by atoms with Gasteiger partial charge in [0.1, 0.15) is 5.75 Å². The van der Waals surface area contributed by atoms with Crippen molar-refractivity contribution in [1.82, 2.24) is 5.32 Å². The van der Waals surface area contributed by atoms with Crippen LogP contribution in [-0.2, 0) is 19.9 Å². The minimum Gasteiger partial charge on any atom is -0.497 e. The van der Waals surface area contributed by atoms with E-state index >= 15 is 0 Å². The van der Waals surface area contributed by atoms with E-state index in [0.717, 1.165) is 0 Å². The van der Waals surface area contributed by atoms with Crippen molar-refractivity contribution in [1.29, 1.82) is 0 Å². The van der Waals surface area contributed by atoms with Gasteiger partial charge in [0.15, 0.2) is 5.54 Å². The molecule has 0 radical (unpaired) electrons. The van der Waals surface area contributed by atoms with E-state index in [1.807, 2.05) is 26.0 Å². The van der Waals surface area contributed by atoms with Crippen LogP contribution in [0.1, 0.15) is 32.8 Å². The second-order valence-electron chi connectivity index (χ2n) is 7.33. The molecule has 1 atom stereocenters. The molecule has 2 N–H and O–H groups in total. The van der Waals surface area contributed by atoms with Gasteiger partial charge in [-0.05, 0) is 44.2 Å². The molecule has 0 bridgehead atoms. The maximum Gasteiger partial charge on any atom is 0.258 e. The summed E-state index contributed by atoms with van der Waals surface area (Å²) in [5.41, 5.74) is 0.467. The Morgan fingerprint density at radius 3 is 2.34 bits per heavy atom. The van der Waals surface area contributed by atoms with Gasteiger partial charge in [-0.2, -0.15) is 0 Å². The van der Waals surface area contributed by atoms with Crippen LogP contribution >= 0.6 is 0 Å². The Labute approximate surface area is 170 Å². The summed E-state index contributed by atoms with van der Waals surface area (Å²) < 4.78 is 5.12. The molecule has 2 aromatic rings. The monoisotopic (exact) mass is 395 g/mol. The average molecular weight is 395 g/mol. The van der Waals surface area contributed by atoms with E-state index < -0.39 is 5.54 Å². The molecule has 2 aromatic carbocycles. The maximum absolute atomic E-state index is 13.4. The second-order valence-corrected chi connectivity index (χ2v) is 7.33. The SMILES string of the molecule is COc1ccc(NC(=O)CC2(NC(C)=O)C(=O)N(C(C)C)c3ccccc32)cc1. The minimum absolute atomic E-state index is 0.121. The van der Waals surface area contributed by atoms with E-state index in [0.29, 0.717) is 22.7 Å². The summed E-state index contributed by atoms with van der Waals surface area (Å²) in [6.45, 7) is 5.14. The topological polar surface area (TPSA) is 87.7 Å². The predicted molar refractivity (Wildman–Crippen MR) is 111 cm³/mol. The van der Waals surface area contributed by atoms with Gasteiger partial charge in [-0.15, -0.1) is 0 Å². The Bertz CT molecular complexity index is 939. The number of hydrogen-bond donors (Lipinski definition) is 2. The van der Waals surface area contributed by atoms with E-state index in [-0.39, 0.29) is 30.2 Å². The molecule has 0 aromatic heterocycles. The van der Waals surface area contributed by atoms with Crippen LogP contribution in [0.15, 0.2) is 48.5 Å². The number of carbonyl (C=O) groups is 3. The first-order valence-electron chi connectivity index (χ1n) is 9.44. The average Bonchev–Trinajstić information content (AvgIpc) is 2.90. The van der Waals surface area contributed by atoms with E-state index in [1.54, 1.807) is 48.4 Å². The lowest BCUT2D eigenvalue weighted by molar-refractivity contribution is -0.133. The molecule has 1 aliphatic heterocycles. The van der Waals surface area contributed by atoms with E-state index in [2.05, 4.69) is 10.6 Å². The molecule has 152 valence electrons. The quantitative estimate of drug-likeness (QED) is 0.787. The van der Waals surface area contributed by atoms with Gasteiger partial charge in [0.05, 0.1) is 19.2 Å². The van der Waals surface area contributed by atoms with Crippen molar-refractivity contribution in [2.75, 3.05) is 17.3 Å². The molecule has 0 saturated heterocycles. The highest BCUT2D eigenvalue weighted by molar-refractivity contribution is 6.12. The summed E-state index contributed by atoms with van der Waals surface area (Å²) >= 11 is 0. The lowest BCUT2D eigenvalue weighted by Gasteiger charge is -2.30. The minimum atomic E-state index is -1.44. The normalized spacial score (nSPS) is 17.8. The van der Waals surface area contributed by atoms with Gasteiger partial charge >= 0.3 is 0 Å². The molecule has 3 amide bonds. The molecule has 0 spiro atoms. The third-order valence-corrected chi connectivity index (χ3v) is 4.91. The van der Waals surface area contributed by atoms with Crippen molar-refractivity contribution >= 4 is 29.1 Å². The maximum atomic E-state index is 13.4. The molecule has 1 heterocycles. The van der Waals surface area contributed by atoms with Gasteiger partial charge in [-0.25, -0.2) is 0 Å². The zero-order valence-corrected chi connectivity index (χ0v) is 17.0. The number of methoxy groups -OCH3 is 1. The fourth-order valence-electron chi connectivity index (χ4n) is 3.74. The van der Waals surface area contributed by atoms with Gasteiger partial charge in [0.25, 0.3) is 5.91 Å². The van der Waals surface area contributed by atoms with Gasteiger partial charge < -0.3 is 20.3 Å². The third kappa shape index (κ3) is 3.81. The smallest absolute Gasteiger partial charge is 0.258 e. The van der Waals surface area contributed by atoms with Crippen LogP contribution < -0.4 is 20.3 Å². The first-order chi connectivity index (χ1) is 13.8. The van der Waals surface area contributed by atoms with Crippen molar-refractivity contribution < 1.29 is 19.1 Å². The lowest BCUT2D eigenvalue weighted by Crippen LogP contribution is -2.55. The summed E-state index contributed by atoms with van der Waals surface area (Å²) in [6.07, 6.45) is -0.211. The number of para-hydroxylation sites is 1. The van der Waals surface area contributed by atoms with Crippen LogP contribution in [-0.4, -0.2) is 30.9 Å². The number of anilines is 2.